The molecule has 3 aromatic carbocycles. The third-order valence-corrected chi connectivity index (χ3v) is 3.28. The summed E-state index contributed by atoms with van der Waals surface area (Å²) in [6, 6.07) is 16.5. The molecule has 0 amide bonds. The van der Waals surface area contributed by atoms with Gasteiger partial charge in [-0.15, -0.1) is 0 Å². The maximum Gasteiger partial charge on any atom is 0.193 e. The lowest BCUT2D eigenvalue weighted by molar-refractivity contribution is 0.104. The highest BCUT2D eigenvalue weighted by molar-refractivity contribution is 6.17. The Bertz CT molecular complexity index is 789. The van der Waals surface area contributed by atoms with Gasteiger partial charge in [0.1, 0.15) is 11.5 Å². The Kier molecular flexibility index (Phi) is 2.88. The second-order valence-corrected chi connectivity index (χ2v) is 4.55. The smallest absolute Gasteiger partial charge is 0.193 e. The summed E-state index contributed by atoms with van der Waals surface area (Å²) in [5.41, 5.74) is 1.03. The Hall–Kier alpha value is -2.81. The Labute approximate surface area is 115 Å². The molecule has 0 radical (unpaired) electrons. The number of aromatic hydroxyl groups is 2. The van der Waals surface area contributed by atoms with Crippen LogP contribution in [0, 0.1) is 0 Å². The van der Waals surface area contributed by atoms with Gasteiger partial charge in [-0.05, 0) is 41.8 Å². The molecular formula is C17H12O3. The van der Waals surface area contributed by atoms with Gasteiger partial charge in [0.05, 0.1) is 0 Å². The molecule has 98 valence electrons. The van der Waals surface area contributed by atoms with Crippen molar-refractivity contribution in [2.75, 3.05) is 0 Å². The second kappa shape index (κ2) is 4.70. The van der Waals surface area contributed by atoms with Crippen LogP contribution < -0.4 is 0 Å². The minimum Gasteiger partial charge on any atom is -0.508 e. The van der Waals surface area contributed by atoms with E-state index in [1.54, 1.807) is 24.3 Å². The Morgan fingerprint density at radius 3 is 2.10 bits per heavy atom. The van der Waals surface area contributed by atoms with E-state index < -0.39 is 0 Å². The number of rotatable bonds is 2. The molecule has 0 aromatic heterocycles. The zero-order valence-electron chi connectivity index (χ0n) is 10.6. The number of phenols is 2. The van der Waals surface area contributed by atoms with Crippen LogP contribution in [0.3, 0.4) is 0 Å². The standard InChI is InChI=1S/C17H12O3/c18-12-7-5-11(6-8-12)17(20)15-9-10-16(19)14-4-2-1-3-13(14)15/h1-10,18-19H. The van der Waals surface area contributed by atoms with Crippen molar-refractivity contribution in [3.05, 3.63) is 71.8 Å². The monoisotopic (exact) mass is 264 g/mol. The van der Waals surface area contributed by atoms with Crippen LogP contribution in [0.4, 0.5) is 0 Å². The SMILES string of the molecule is O=C(c1ccc(O)cc1)c1ccc(O)c2ccccc12. The van der Waals surface area contributed by atoms with E-state index in [-0.39, 0.29) is 17.3 Å². The Balaban J connectivity index is 2.17. The zero-order chi connectivity index (χ0) is 14.1. The maximum absolute atomic E-state index is 12.5. The van der Waals surface area contributed by atoms with Crippen LogP contribution in [0.25, 0.3) is 10.8 Å². The summed E-state index contributed by atoms with van der Waals surface area (Å²) < 4.78 is 0. The van der Waals surface area contributed by atoms with Gasteiger partial charge in [-0.3, -0.25) is 4.79 Å². The van der Waals surface area contributed by atoms with Crippen LogP contribution in [0.1, 0.15) is 15.9 Å². The first-order valence-electron chi connectivity index (χ1n) is 6.21. The van der Waals surface area contributed by atoms with Gasteiger partial charge in [-0.2, -0.15) is 0 Å². The molecule has 0 spiro atoms. The van der Waals surface area contributed by atoms with E-state index in [0.29, 0.717) is 21.9 Å². The third kappa shape index (κ3) is 1.99. The molecule has 3 nitrogen and oxygen atoms in total. The first-order chi connectivity index (χ1) is 9.66. The molecule has 3 aromatic rings. The summed E-state index contributed by atoms with van der Waals surface area (Å²) in [6.45, 7) is 0. The average molecular weight is 264 g/mol. The van der Waals surface area contributed by atoms with E-state index in [1.807, 2.05) is 18.2 Å². The molecule has 0 unspecified atom stereocenters. The molecule has 2 N–H and O–H groups in total. The lowest BCUT2D eigenvalue weighted by Crippen LogP contribution is -2.01. The number of ketones is 1. The zero-order valence-corrected chi connectivity index (χ0v) is 10.6. The number of carbonyl (C=O) groups excluding carboxylic acids is 1. The summed E-state index contributed by atoms with van der Waals surface area (Å²) in [5, 5.41) is 20.5. The minimum atomic E-state index is -0.138. The van der Waals surface area contributed by atoms with E-state index in [2.05, 4.69) is 0 Å². The minimum absolute atomic E-state index is 0.122. The molecule has 0 fully saturated rings. The first-order valence-corrected chi connectivity index (χ1v) is 6.21. The average Bonchev–Trinajstić information content (AvgIpc) is 2.48. The summed E-state index contributed by atoms with van der Waals surface area (Å²) in [6.07, 6.45) is 0. The highest BCUT2D eigenvalue weighted by Gasteiger charge is 2.13. The van der Waals surface area contributed by atoms with Gasteiger partial charge in [0.25, 0.3) is 0 Å². The fourth-order valence-corrected chi connectivity index (χ4v) is 2.25. The Morgan fingerprint density at radius 1 is 0.750 bits per heavy atom. The third-order valence-electron chi connectivity index (χ3n) is 3.28. The molecule has 0 saturated heterocycles. The van der Waals surface area contributed by atoms with Crippen LogP contribution in [-0.2, 0) is 0 Å². The molecule has 0 atom stereocenters. The molecule has 0 heterocycles. The highest BCUT2D eigenvalue weighted by Crippen LogP contribution is 2.29. The van der Waals surface area contributed by atoms with Crippen LogP contribution in [-0.4, -0.2) is 16.0 Å². The van der Waals surface area contributed by atoms with Crippen molar-refractivity contribution in [1.29, 1.82) is 0 Å². The molecule has 20 heavy (non-hydrogen) atoms. The molecule has 3 heteroatoms. The fourth-order valence-electron chi connectivity index (χ4n) is 2.25. The van der Waals surface area contributed by atoms with Crippen molar-refractivity contribution in [1.82, 2.24) is 0 Å². The molecule has 0 bridgehead atoms. The summed E-state index contributed by atoms with van der Waals surface area (Å²) in [4.78, 5) is 12.5. The molecule has 0 aliphatic rings. The van der Waals surface area contributed by atoms with E-state index >= 15 is 0 Å². The number of phenolic OH excluding ortho intramolecular Hbond substituents is 2. The number of fused-ring (bicyclic) bond motifs is 1. The molecule has 3 rings (SSSR count). The normalized spacial score (nSPS) is 10.6. The second-order valence-electron chi connectivity index (χ2n) is 4.55. The maximum atomic E-state index is 12.5. The first kappa shape index (κ1) is 12.2. The van der Waals surface area contributed by atoms with Crippen molar-refractivity contribution in [2.24, 2.45) is 0 Å². The summed E-state index contributed by atoms with van der Waals surface area (Å²) >= 11 is 0. The molecule has 0 aliphatic heterocycles. The van der Waals surface area contributed by atoms with E-state index in [4.69, 9.17) is 0 Å². The Morgan fingerprint density at radius 2 is 1.40 bits per heavy atom. The topological polar surface area (TPSA) is 57.5 Å². The van der Waals surface area contributed by atoms with Gasteiger partial charge in [0, 0.05) is 16.5 Å². The van der Waals surface area contributed by atoms with Crippen LogP contribution in [0.2, 0.25) is 0 Å². The summed E-state index contributed by atoms with van der Waals surface area (Å²) in [5.74, 6) is 0.140. The lowest BCUT2D eigenvalue weighted by atomic mass is 9.97. The molecule has 0 aliphatic carbocycles. The van der Waals surface area contributed by atoms with Gasteiger partial charge in [0.2, 0.25) is 0 Å². The number of carbonyl (C=O) groups is 1. The number of benzene rings is 3. The number of hydrogen-bond acceptors (Lipinski definition) is 3. The van der Waals surface area contributed by atoms with Gasteiger partial charge in [-0.1, -0.05) is 24.3 Å². The number of hydrogen-bond donors (Lipinski definition) is 2. The summed E-state index contributed by atoms with van der Waals surface area (Å²) in [7, 11) is 0. The van der Waals surface area contributed by atoms with E-state index in [1.165, 1.54) is 18.2 Å². The van der Waals surface area contributed by atoms with Crippen molar-refractivity contribution in [3.63, 3.8) is 0 Å². The van der Waals surface area contributed by atoms with Crippen molar-refractivity contribution < 1.29 is 15.0 Å². The van der Waals surface area contributed by atoms with E-state index in [9.17, 15) is 15.0 Å². The van der Waals surface area contributed by atoms with E-state index in [0.717, 1.165) is 0 Å². The van der Waals surface area contributed by atoms with Crippen molar-refractivity contribution in [2.45, 2.75) is 0 Å². The van der Waals surface area contributed by atoms with Gasteiger partial charge in [0.15, 0.2) is 5.78 Å². The fraction of sp³-hybridized carbons (Fsp3) is 0. The predicted octanol–water partition coefficient (Wildman–Crippen LogP) is 3.48. The predicted molar refractivity (Wildman–Crippen MR) is 77.2 cm³/mol. The van der Waals surface area contributed by atoms with Gasteiger partial charge < -0.3 is 10.2 Å². The van der Waals surface area contributed by atoms with Crippen molar-refractivity contribution in [3.8, 4) is 11.5 Å². The van der Waals surface area contributed by atoms with Gasteiger partial charge >= 0.3 is 0 Å². The quantitative estimate of drug-likeness (QED) is 0.697. The molecule has 0 saturated carbocycles. The van der Waals surface area contributed by atoms with Crippen LogP contribution >= 0.6 is 0 Å². The van der Waals surface area contributed by atoms with Crippen LogP contribution in [0.5, 0.6) is 11.5 Å². The van der Waals surface area contributed by atoms with Gasteiger partial charge in [-0.25, -0.2) is 0 Å². The van der Waals surface area contributed by atoms with Crippen LogP contribution in [0.15, 0.2) is 60.7 Å². The molecular weight excluding hydrogens is 252 g/mol. The lowest BCUT2D eigenvalue weighted by Gasteiger charge is -2.07. The van der Waals surface area contributed by atoms with Crippen molar-refractivity contribution >= 4 is 16.6 Å². The largest absolute Gasteiger partial charge is 0.508 e. The highest BCUT2D eigenvalue weighted by atomic mass is 16.3.